The van der Waals surface area contributed by atoms with Crippen LogP contribution in [0.4, 0.5) is 19.0 Å². The SMILES string of the molecule is O=C(NC1CCN(c2ccc(C(F)(F)F)cn2)CC1)C1CC2CCCCC2N1. The highest BCUT2D eigenvalue weighted by Gasteiger charge is 2.38. The van der Waals surface area contributed by atoms with Gasteiger partial charge in [0.2, 0.25) is 5.91 Å². The first kappa shape index (κ1) is 19.5. The number of rotatable bonds is 3. The molecule has 1 saturated carbocycles. The molecule has 1 aromatic heterocycles. The Bertz CT molecular complexity index is 672. The summed E-state index contributed by atoms with van der Waals surface area (Å²) in [6, 6.07) is 3.02. The Labute approximate surface area is 163 Å². The fraction of sp³-hybridized carbons (Fsp3) is 0.700. The number of hydrogen-bond donors (Lipinski definition) is 2. The van der Waals surface area contributed by atoms with Crippen molar-refractivity contribution in [3.63, 3.8) is 0 Å². The zero-order chi connectivity index (χ0) is 19.7. The molecule has 5 nitrogen and oxygen atoms in total. The number of halogens is 3. The first-order valence-electron chi connectivity index (χ1n) is 10.2. The molecule has 1 aliphatic carbocycles. The molecule has 2 saturated heterocycles. The summed E-state index contributed by atoms with van der Waals surface area (Å²) < 4.78 is 38.0. The molecule has 0 spiro atoms. The molecule has 3 aliphatic rings. The highest BCUT2D eigenvalue weighted by atomic mass is 19.4. The van der Waals surface area contributed by atoms with E-state index in [4.69, 9.17) is 0 Å². The van der Waals surface area contributed by atoms with Crippen molar-refractivity contribution in [2.24, 2.45) is 5.92 Å². The van der Waals surface area contributed by atoms with Gasteiger partial charge in [0.25, 0.3) is 0 Å². The van der Waals surface area contributed by atoms with Gasteiger partial charge in [0.15, 0.2) is 0 Å². The van der Waals surface area contributed by atoms with Crippen molar-refractivity contribution in [1.29, 1.82) is 0 Å². The highest BCUT2D eigenvalue weighted by Crippen LogP contribution is 2.33. The molecule has 0 aromatic carbocycles. The third-order valence-electron chi connectivity index (χ3n) is 6.42. The average Bonchev–Trinajstić information content (AvgIpc) is 3.12. The van der Waals surface area contributed by atoms with E-state index in [-0.39, 0.29) is 18.0 Å². The average molecular weight is 396 g/mol. The standard InChI is InChI=1S/C20H27F3N4O/c21-20(22,23)14-5-6-18(24-12-14)27-9-7-15(8-10-27)25-19(28)17-11-13-3-1-2-4-16(13)26-17/h5-6,12-13,15-17,26H,1-4,7-11H2,(H,25,28). The summed E-state index contributed by atoms with van der Waals surface area (Å²) in [6.45, 7) is 1.35. The maximum Gasteiger partial charge on any atom is 0.417 e. The minimum absolute atomic E-state index is 0.0808. The molecular formula is C20H27F3N4O. The summed E-state index contributed by atoms with van der Waals surface area (Å²) in [6.07, 6.45) is 3.91. The van der Waals surface area contributed by atoms with Gasteiger partial charge < -0.3 is 15.5 Å². The van der Waals surface area contributed by atoms with Crippen LogP contribution in [-0.2, 0) is 11.0 Å². The zero-order valence-electron chi connectivity index (χ0n) is 15.8. The molecule has 2 N–H and O–H groups in total. The number of hydrogen-bond acceptors (Lipinski definition) is 4. The molecule has 3 atom stereocenters. The number of aromatic nitrogens is 1. The van der Waals surface area contributed by atoms with Crippen molar-refractivity contribution >= 4 is 11.7 Å². The van der Waals surface area contributed by atoms with Gasteiger partial charge in [0.05, 0.1) is 11.6 Å². The van der Waals surface area contributed by atoms with Gasteiger partial charge >= 0.3 is 6.18 Å². The molecule has 3 heterocycles. The van der Waals surface area contributed by atoms with Crippen LogP contribution in [0.5, 0.6) is 0 Å². The summed E-state index contributed by atoms with van der Waals surface area (Å²) in [4.78, 5) is 18.6. The van der Waals surface area contributed by atoms with E-state index in [2.05, 4.69) is 15.6 Å². The number of fused-ring (bicyclic) bond motifs is 1. The lowest BCUT2D eigenvalue weighted by atomic mass is 9.85. The van der Waals surface area contributed by atoms with Crippen molar-refractivity contribution < 1.29 is 18.0 Å². The summed E-state index contributed by atoms with van der Waals surface area (Å²) in [7, 11) is 0. The van der Waals surface area contributed by atoms with E-state index < -0.39 is 11.7 Å². The van der Waals surface area contributed by atoms with Crippen LogP contribution in [0.25, 0.3) is 0 Å². The van der Waals surface area contributed by atoms with Gasteiger partial charge in [-0.25, -0.2) is 4.98 Å². The fourth-order valence-corrected chi connectivity index (χ4v) is 4.82. The van der Waals surface area contributed by atoms with Crippen LogP contribution >= 0.6 is 0 Å². The number of anilines is 1. The van der Waals surface area contributed by atoms with E-state index >= 15 is 0 Å². The molecular weight excluding hydrogens is 369 g/mol. The fourth-order valence-electron chi connectivity index (χ4n) is 4.82. The lowest BCUT2D eigenvalue weighted by molar-refractivity contribution is -0.137. The second-order valence-corrected chi connectivity index (χ2v) is 8.28. The zero-order valence-corrected chi connectivity index (χ0v) is 15.8. The maximum absolute atomic E-state index is 12.7. The van der Waals surface area contributed by atoms with Crippen LogP contribution < -0.4 is 15.5 Å². The number of amides is 1. The van der Waals surface area contributed by atoms with E-state index in [0.29, 0.717) is 30.9 Å². The quantitative estimate of drug-likeness (QED) is 0.824. The van der Waals surface area contributed by atoms with Gasteiger partial charge in [-0.05, 0) is 50.2 Å². The molecule has 8 heteroatoms. The Morgan fingerprint density at radius 1 is 1.14 bits per heavy atom. The van der Waals surface area contributed by atoms with Crippen molar-refractivity contribution in [3.8, 4) is 0 Å². The molecule has 1 amide bonds. The number of nitrogens with one attached hydrogen (secondary N) is 2. The predicted molar refractivity (Wildman–Crippen MR) is 99.9 cm³/mol. The molecule has 0 radical (unpaired) electrons. The summed E-state index contributed by atoms with van der Waals surface area (Å²) in [5.41, 5.74) is -0.733. The number of piperidine rings is 1. The number of pyridine rings is 1. The predicted octanol–water partition coefficient (Wildman–Crippen LogP) is 3.11. The largest absolute Gasteiger partial charge is 0.417 e. The molecule has 1 aromatic rings. The molecule has 3 fully saturated rings. The summed E-state index contributed by atoms with van der Waals surface area (Å²) >= 11 is 0. The van der Waals surface area contributed by atoms with Gasteiger partial charge in [0.1, 0.15) is 5.82 Å². The molecule has 3 unspecified atom stereocenters. The molecule has 2 aliphatic heterocycles. The van der Waals surface area contributed by atoms with Gasteiger partial charge in [-0.15, -0.1) is 0 Å². The van der Waals surface area contributed by atoms with Crippen LogP contribution in [-0.4, -0.2) is 42.1 Å². The lowest BCUT2D eigenvalue weighted by Gasteiger charge is -2.33. The number of nitrogens with zero attached hydrogens (tertiary/aromatic N) is 2. The second-order valence-electron chi connectivity index (χ2n) is 8.28. The van der Waals surface area contributed by atoms with Gasteiger partial charge in [-0.1, -0.05) is 12.8 Å². The highest BCUT2D eigenvalue weighted by molar-refractivity contribution is 5.82. The van der Waals surface area contributed by atoms with Crippen LogP contribution in [0.2, 0.25) is 0 Å². The smallest absolute Gasteiger partial charge is 0.356 e. The molecule has 28 heavy (non-hydrogen) atoms. The van der Waals surface area contributed by atoms with Crippen LogP contribution in [0.3, 0.4) is 0 Å². The van der Waals surface area contributed by atoms with Crippen molar-refractivity contribution in [1.82, 2.24) is 15.6 Å². The maximum atomic E-state index is 12.7. The third-order valence-corrected chi connectivity index (χ3v) is 6.42. The minimum Gasteiger partial charge on any atom is -0.356 e. The Morgan fingerprint density at radius 2 is 1.89 bits per heavy atom. The molecule has 0 bridgehead atoms. The van der Waals surface area contributed by atoms with E-state index in [0.717, 1.165) is 31.5 Å². The van der Waals surface area contributed by atoms with Crippen molar-refractivity contribution in [2.45, 2.75) is 69.2 Å². The topological polar surface area (TPSA) is 57.3 Å². The molecule has 154 valence electrons. The normalized spacial score (nSPS) is 28.8. The summed E-state index contributed by atoms with van der Waals surface area (Å²) in [5, 5.41) is 6.68. The number of carbonyl (C=O) groups is 1. The first-order chi connectivity index (χ1) is 13.4. The monoisotopic (exact) mass is 396 g/mol. The van der Waals surface area contributed by atoms with E-state index in [1.807, 2.05) is 4.90 Å². The Hall–Kier alpha value is -1.83. The van der Waals surface area contributed by atoms with Gasteiger partial charge in [-0.3, -0.25) is 4.79 Å². The van der Waals surface area contributed by atoms with Crippen LogP contribution in [0, 0.1) is 5.92 Å². The minimum atomic E-state index is -4.37. The lowest BCUT2D eigenvalue weighted by Crippen LogP contribution is -2.50. The van der Waals surface area contributed by atoms with Crippen LogP contribution in [0.1, 0.15) is 50.5 Å². The second kappa shape index (κ2) is 7.89. The van der Waals surface area contributed by atoms with E-state index in [1.165, 1.54) is 31.7 Å². The Kier molecular flexibility index (Phi) is 5.49. The van der Waals surface area contributed by atoms with Crippen molar-refractivity contribution in [3.05, 3.63) is 23.9 Å². The summed E-state index contributed by atoms with van der Waals surface area (Å²) in [5.74, 6) is 1.29. The van der Waals surface area contributed by atoms with Gasteiger partial charge in [0, 0.05) is 31.4 Å². The Balaban J connectivity index is 1.26. The van der Waals surface area contributed by atoms with E-state index in [9.17, 15) is 18.0 Å². The van der Waals surface area contributed by atoms with Crippen molar-refractivity contribution in [2.75, 3.05) is 18.0 Å². The number of carbonyl (C=O) groups excluding carboxylic acids is 1. The first-order valence-corrected chi connectivity index (χ1v) is 10.2. The van der Waals surface area contributed by atoms with Crippen LogP contribution in [0.15, 0.2) is 18.3 Å². The Morgan fingerprint density at radius 3 is 2.54 bits per heavy atom. The third kappa shape index (κ3) is 4.26. The number of alkyl halides is 3. The van der Waals surface area contributed by atoms with Gasteiger partial charge in [-0.2, -0.15) is 13.2 Å². The molecule has 4 rings (SSSR count). The van der Waals surface area contributed by atoms with E-state index in [1.54, 1.807) is 0 Å².